The van der Waals surface area contributed by atoms with Gasteiger partial charge in [-0.1, -0.05) is 18.6 Å². The van der Waals surface area contributed by atoms with Crippen molar-refractivity contribution in [3.63, 3.8) is 0 Å². The predicted molar refractivity (Wildman–Crippen MR) is 78.0 cm³/mol. The highest BCUT2D eigenvalue weighted by molar-refractivity contribution is 7.12. The molecule has 0 bridgehead atoms. The van der Waals surface area contributed by atoms with Crippen molar-refractivity contribution < 1.29 is 8.78 Å². The molecule has 106 valence electrons. The summed E-state index contributed by atoms with van der Waals surface area (Å²) in [7, 11) is 0. The van der Waals surface area contributed by atoms with Crippen LogP contribution in [0.25, 0.3) is 0 Å². The molecule has 1 aromatic heterocycles. The van der Waals surface area contributed by atoms with Crippen LogP contribution in [0.2, 0.25) is 0 Å². The van der Waals surface area contributed by atoms with Gasteiger partial charge in [-0.3, -0.25) is 0 Å². The van der Waals surface area contributed by atoms with Gasteiger partial charge >= 0.3 is 0 Å². The molecule has 20 heavy (non-hydrogen) atoms. The molecule has 2 N–H and O–H groups in total. The topological polar surface area (TPSA) is 26.0 Å². The van der Waals surface area contributed by atoms with E-state index in [1.807, 2.05) is 0 Å². The van der Waals surface area contributed by atoms with Crippen LogP contribution in [0.4, 0.5) is 8.78 Å². The minimum absolute atomic E-state index is 0.237. The van der Waals surface area contributed by atoms with Crippen LogP contribution in [0, 0.1) is 11.6 Å². The average Bonchev–Trinajstić information content (AvgIpc) is 2.72. The molecule has 3 rings (SSSR count). The first kappa shape index (κ1) is 13.7. The Morgan fingerprint density at radius 2 is 1.90 bits per heavy atom. The van der Waals surface area contributed by atoms with Crippen LogP contribution in [0.15, 0.2) is 24.3 Å². The number of halogens is 2. The van der Waals surface area contributed by atoms with Crippen LogP contribution in [0.3, 0.4) is 0 Å². The molecule has 1 aromatic carbocycles. The van der Waals surface area contributed by atoms with Gasteiger partial charge < -0.3 is 5.73 Å². The Morgan fingerprint density at radius 1 is 1.10 bits per heavy atom. The van der Waals surface area contributed by atoms with E-state index in [-0.39, 0.29) is 5.56 Å². The Bertz CT molecular complexity index is 597. The second-order valence-electron chi connectivity index (χ2n) is 5.28. The Kier molecular flexibility index (Phi) is 3.85. The highest BCUT2D eigenvalue weighted by Crippen LogP contribution is 2.34. The number of aryl methyl sites for hydroxylation is 2. The maximum Gasteiger partial charge on any atom is 0.163 e. The van der Waals surface area contributed by atoms with Crippen molar-refractivity contribution in [2.24, 2.45) is 5.73 Å². The highest BCUT2D eigenvalue weighted by atomic mass is 32.1. The lowest BCUT2D eigenvalue weighted by molar-refractivity contribution is 0.495. The number of thiophene rings is 1. The largest absolute Gasteiger partial charge is 0.320 e. The van der Waals surface area contributed by atoms with E-state index in [0.717, 1.165) is 23.8 Å². The Hall–Kier alpha value is -1.26. The second-order valence-corrected chi connectivity index (χ2v) is 6.45. The molecule has 0 amide bonds. The highest BCUT2D eigenvalue weighted by Gasteiger charge is 2.20. The van der Waals surface area contributed by atoms with Gasteiger partial charge in [-0.2, -0.15) is 0 Å². The molecule has 1 aliphatic rings. The summed E-state index contributed by atoms with van der Waals surface area (Å²) < 4.78 is 27.1. The first-order valence-electron chi connectivity index (χ1n) is 6.98. The van der Waals surface area contributed by atoms with E-state index < -0.39 is 17.7 Å². The number of benzene rings is 1. The van der Waals surface area contributed by atoms with Crippen LogP contribution < -0.4 is 5.73 Å². The number of nitrogens with two attached hydrogens (primary N) is 1. The summed E-state index contributed by atoms with van der Waals surface area (Å²) in [6.07, 6.45) is 5.83. The first-order valence-corrected chi connectivity index (χ1v) is 7.79. The molecule has 1 unspecified atom stereocenters. The minimum atomic E-state index is -0.837. The first-order chi connectivity index (χ1) is 9.66. The third-order valence-corrected chi connectivity index (χ3v) is 5.21. The molecule has 0 spiro atoms. The standard InChI is InChI=1S/C16H17F2NS/c17-12-7-4-6-11(15(12)18)16(19)14-9-10-5-2-1-3-8-13(10)20-14/h4,6-7,9,16H,1-3,5,8,19H2. The molecule has 1 heterocycles. The zero-order valence-corrected chi connectivity index (χ0v) is 12.0. The van der Waals surface area contributed by atoms with E-state index >= 15 is 0 Å². The fraction of sp³-hybridized carbons (Fsp3) is 0.375. The van der Waals surface area contributed by atoms with Crippen LogP contribution in [0.5, 0.6) is 0 Å². The molecule has 0 fully saturated rings. The van der Waals surface area contributed by atoms with Crippen molar-refractivity contribution in [1.29, 1.82) is 0 Å². The number of hydrogen-bond donors (Lipinski definition) is 1. The zero-order valence-electron chi connectivity index (χ0n) is 11.2. The SMILES string of the molecule is NC(c1cc2c(s1)CCCCC2)c1cccc(F)c1F. The average molecular weight is 293 g/mol. The zero-order chi connectivity index (χ0) is 14.1. The Balaban J connectivity index is 1.94. The van der Waals surface area contributed by atoms with Crippen molar-refractivity contribution in [3.05, 3.63) is 56.8 Å². The molecular weight excluding hydrogens is 276 g/mol. The van der Waals surface area contributed by atoms with Gasteiger partial charge in [0.05, 0.1) is 6.04 Å². The van der Waals surface area contributed by atoms with Crippen molar-refractivity contribution in [1.82, 2.24) is 0 Å². The third kappa shape index (κ3) is 2.50. The van der Waals surface area contributed by atoms with E-state index in [0.29, 0.717) is 0 Å². The monoisotopic (exact) mass is 293 g/mol. The summed E-state index contributed by atoms with van der Waals surface area (Å²) >= 11 is 1.65. The van der Waals surface area contributed by atoms with Crippen molar-refractivity contribution in [3.8, 4) is 0 Å². The van der Waals surface area contributed by atoms with E-state index in [4.69, 9.17) is 5.73 Å². The molecular formula is C16H17F2NS. The maximum absolute atomic E-state index is 13.8. The summed E-state index contributed by atoms with van der Waals surface area (Å²) in [4.78, 5) is 2.30. The summed E-state index contributed by atoms with van der Waals surface area (Å²) in [5, 5.41) is 0. The molecule has 0 radical (unpaired) electrons. The summed E-state index contributed by atoms with van der Waals surface area (Å²) in [5.74, 6) is -1.67. The van der Waals surface area contributed by atoms with E-state index in [1.54, 1.807) is 17.4 Å². The molecule has 2 aromatic rings. The molecule has 0 aliphatic heterocycles. The smallest absolute Gasteiger partial charge is 0.163 e. The molecule has 1 atom stereocenters. The Morgan fingerprint density at radius 3 is 2.75 bits per heavy atom. The third-order valence-electron chi connectivity index (χ3n) is 3.89. The van der Waals surface area contributed by atoms with Gasteiger partial charge in [-0.05, 0) is 43.4 Å². The van der Waals surface area contributed by atoms with Crippen molar-refractivity contribution in [2.75, 3.05) is 0 Å². The predicted octanol–water partition coefficient (Wildman–Crippen LogP) is 4.34. The van der Waals surface area contributed by atoms with Gasteiger partial charge in [0.2, 0.25) is 0 Å². The summed E-state index contributed by atoms with van der Waals surface area (Å²) in [6, 6.07) is 5.69. The molecule has 0 saturated carbocycles. The number of hydrogen-bond acceptors (Lipinski definition) is 2. The lowest BCUT2D eigenvalue weighted by atomic mass is 10.0. The molecule has 1 aliphatic carbocycles. The van der Waals surface area contributed by atoms with Gasteiger partial charge in [-0.15, -0.1) is 11.3 Å². The van der Waals surface area contributed by atoms with Crippen LogP contribution >= 0.6 is 11.3 Å². The normalized spacial score (nSPS) is 16.6. The number of fused-ring (bicyclic) bond motifs is 1. The molecule has 4 heteroatoms. The Labute approximate surface area is 121 Å². The molecule has 1 nitrogen and oxygen atoms in total. The lowest BCUT2D eigenvalue weighted by Crippen LogP contribution is -2.13. The van der Waals surface area contributed by atoms with Crippen LogP contribution in [-0.4, -0.2) is 0 Å². The van der Waals surface area contributed by atoms with Gasteiger partial charge in [0, 0.05) is 15.3 Å². The number of rotatable bonds is 2. The second kappa shape index (κ2) is 5.62. The minimum Gasteiger partial charge on any atom is -0.320 e. The van der Waals surface area contributed by atoms with Gasteiger partial charge in [0.25, 0.3) is 0 Å². The van der Waals surface area contributed by atoms with Crippen LogP contribution in [0.1, 0.15) is 46.2 Å². The van der Waals surface area contributed by atoms with E-state index in [9.17, 15) is 8.78 Å². The van der Waals surface area contributed by atoms with Gasteiger partial charge in [0.15, 0.2) is 11.6 Å². The van der Waals surface area contributed by atoms with Crippen LogP contribution in [-0.2, 0) is 12.8 Å². The van der Waals surface area contributed by atoms with E-state index in [2.05, 4.69) is 6.07 Å². The fourth-order valence-corrected chi connectivity index (χ4v) is 4.04. The van der Waals surface area contributed by atoms with Gasteiger partial charge in [-0.25, -0.2) is 8.78 Å². The summed E-state index contributed by atoms with van der Waals surface area (Å²) in [6.45, 7) is 0. The lowest BCUT2D eigenvalue weighted by Gasteiger charge is -2.11. The molecule has 0 saturated heterocycles. The van der Waals surface area contributed by atoms with E-state index in [1.165, 1.54) is 35.8 Å². The quantitative estimate of drug-likeness (QED) is 0.819. The van der Waals surface area contributed by atoms with Crippen molar-refractivity contribution >= 4 is 11.3 Å². The summed E-state index contributed by atoms with van der Waals surface area (Å²) in [5.41, 5.74) is 7.72. The fourth-order valence-electron chi connectivity index (χ4n) is 2.76. The van der Waals surface area contributed by atoms with Gasteiger partial charge in [0.1, 0.15) is 0 Å². The van der Waals surface area contributed by atoms with Crippen molar-refractivity contribution in [2.45, 2.75) is 38.1 Å². The maximum atomic E-state index is 13.8.